The number of hydrogen-bond donors (Lipinski definition) is 2. The van der Waals surface area contributed by atoms with Gasteiger partial charge in [-0.15, -0.1) is 0 Å². The van der Waals surface area contributed by atoms with Crippen LogP contribution in [0.25, 0.3) is 0 Å². The molecule has 1 aromatic rings. The van der Waals surface area contributed by atoms with Crippen LogP contribution in [0.4, 0.5) is 5.69 Å². The molecule has 3 nitrogen and oxygen atoms in total. The Labute approximate surface area is 77.9 Å². The van der Waals surface area contributed by atoms with E-state index in [1.54, 1.807) is 0 Å². The quantitative estimate of drug-likeness (QED) is 0.629. The Bertz CT molecular complexity index is 282. The summed E-state index contributed by atoms with van der Waals surface area (Å²) in [5.41, 5.74) is 7.71. The second kappa shape index (κ2) is 3.77. The molecule has 0 spiro atoms. The molecule has 1 atom stereocenters. The van der Waals surface area contributed by atoms with Gasteiger partial charge in [0.1, 0.15) is 0 Å². The molecule has 0 aliphatic carbocycles. The van der Waals surface area contributed by atoms with Crippen LogP contribution in [0.5, 0.6) is 0 Å². The predicted molar refractivity (Wildman–Crippen MR) is 52.4 cm³/mol. The number of nitrogens with two attached hydrogens (primary N) is 1. The zero-order valence-corrected chi connectivity index (χ0v) is 7.49. The molecule has 13 heavy (non-hydrogen) atoms. The highest BCUT2D eigenvalue weighted by atomic mass is 16.5. The maximum absolute atomic E-state index is 5.70. The molecular weight excluding hydrogens is 164 g/mol. The molecule has 0 amide bonds. The lowest BCUT2D eigenvalue weighted by atomic mass is 10.1. The van der Waals surface area contributed by atoms with Crippen molar-refractivity contribution in [1.29, 1.82) is 0 Å². The molecule has 1 fully saturated rings. The molecule has 3 N–H and O–H groups in total. The summed E-state index contributed by atoms with van der Waals surface area (Å²) < 4.78 is 5.37. The van der Waals surface area contributed by atoms with Crippen LogP contribution >= 0.6 is 0 Å². The van der Waals surface area contributed by atoms with E-state index in [2.05, 4.69) is 11.4 Å². The van der Waals surface area contributed by atoms with Gasteiger partial charge >= 0.3 is 0 Å². The lowest BCUT2D eigenvalue weighted by Gasteiger charge is -2.24. The fourth-order valence-corrected chi connectivity index (χ4v) is 1.56. The number of ether oxygens (including phenoxy) is 1. The van der Waals surface area contributed by atoms with Crippen molar-refractivity contribution in [3.63, 3.8) is 0 Å². The van der Waals surface area contributed by atoms with Gasteiger partial charge in [-0.1, -0.05) is 12.1 Å². The van der Waals surface area contributed by atoms with E-state index in [9.17, 15) is 0 Å². The summed E-state index contributed by atoms with van der Waals surface area (Å²) in [6.07, 6.45) is 0. The number of nitrogens with one attached hydrogen (secondary N) is 1. The molecule has 1 saturated heterocycles. The molecule has 0 bridgehead atoms. The first-order valence-electron chi connectivity index (χ1n) is 4.53. The van der Waals surface area contributed by atoms with Gasteiger partial charge in [0.25, 0.3) is 0 Å². The van der Waals surface area contributed by atoms with E-state index in [0.29, 0.717) is 6.04 Å². The molecule has 1 aromatic carbocycles. The Hall–Kier alpha value is -1.06. The summed E-state index contributed by atoms with van der Waals surface area (Å²) >= 11 is 0. The molecule has 1 aliphatic rings. The van der Waals surface area contributed by atoms with Crippen molar-refractivity contribution in [2.75, 3.05) is 25.5 Å². The number of benzene rings is 1. The van der Waals surface area contributed by atoms with Crippen LogP contribution in [-0.4, -0.2) is 19.8 Å². The van der Waals surface area contributed by atoms with Gasteiger partial charge < -0.3 is 15.8 Å². The molecule has 2 rings (SSSR count). The minimum atomic E-state index is 0.303. The first-order chi connectivity index (χ1) is 6.36. The van der Waals surface area contributed by atoms with Crippen molar-refractivity contribution in [2.45, 2.75) is 6.04 Å². The third-order valence-electron chi connectivity index (χ3n) is 2.23. The van der Waals surface area contributed by atoms with E-state index in [-0.39, 0.29) is 0 Å². The molecule has 0 radical (unpaired) electrons. The fraction of sp³-hybridized carbons (Fsp3) is 0.400. The van der Waals surface area contributed by atoms with Gasteiger partial charge in [-0.2, -0.15) is 0 Å². The van der Waals surface area contributed by atoms with Crippen LogP contribution in [0.3, 0.4) is 0 Å². The van der Waals surface area contributed by atoms with E-state index < -0.39 is 0 Å². The normalized spacial score (nSPS) is 22.9. The number of hydrogen-bond acceptors (Lipinski definition) is 3. The van der Waals surface area contributed by atoms with Gasteiger partial charge in [-0.25, -0.2) is 0 Å². The highest BCUT2D eigenvalue weighted by Crippen LogP contribution is 2.17. The van der Waals surface area contributed by atoms with E-state index in [0.717, 1.165) is 25.4 Å². The molecule has 3 heteroatoms. The topological polar surface area (TPSA) is 47.3 Å². The molecular formula is C10H14N2O. The second-order valence-electron chi connectivity index (χ2n) is 3.25. The number of rotatable bonds is 1. The third kappa shape index (κ3) is 1.99. The Balaban J connectivity index is 2.14. The van der Waals surface area contributed by atoms with Gasteiger partial charge in [-0.3, -0.25) is 0 Å². The number of morpholine rings is 1. The summed E-state index contributed by atoms with van der Waals surface area (Å²) in [4.78, 5) is 0. The lowest BCUT2D eigenvalue weighted by Crippen LogP contribution is -2.34. The van der Waals surface area contributed by atoms with Crippen molar-refractivity contribution >= 4 is 5.69 Å². The van der Waals surface area contributed by atoms with E-state index in [1.807, 2.05) is 18.2 Å². The van der Waals surface area contributed by atoms with Gasteiger partial charge in [0.05, 0.1) is 19.3 Å². The van der Waals surface area contributed by atoms with Crippen LogP contribution in [0, 0.1) is 0 Å². The summed E-state index contributed by atoms with van der Waals surface area (Å²) in [6, 6.07) is 8.24. The number of anilines is 1. The summed E-state index contributed by atoms with van der Waals surface area (Å²) in [6.45, 7) is 2.46. The van der Waals surface area contributed by atoms with Crippen molar-refractivity contribution in [1.82, 2.24) is 5.32 Å². The molecule has 1 aliphatic heterocycles. The smallest absolute Gasteiger partial charge is 0.0662 e. The zero-order chi connectivity index (χ0) is 9.10. The Morgan fingerprint density at radius 1 is 1.46 bits per heavy atom. The highest BCUT2D eigenvalue weighted by Gasteiger charge is 2.14. The Kier molecular flexibility index (Phi) is 2.47. The van der Waals surface area contributed by atoms with Crippen LogP contribution in [-0.2, 0) is 4.74 Å². The monoisotopic (exact) mass is 178 g/mol. The Morgan fingerprint density at radius 2 is 2.38 bits per heavy atom. The summed E-state index contributed by atoms with van der Waals surface area (Å²) in [7, 11) is 0. The van der Waals surface area contributed by atoms with Crippen molar-refractivity contribution < 1.29 is 4.74 Å². The average Bonchev–Trinajstić information content (AvgIpc) is 2.19. The number of nitrogen functional groups attached to an aromatic ring is 1. The maximum atomic E-state index is 5.70. The largest absolute Gasteiger partial charge is 0.399 e. The maximum Gasteiger partial charge on any atom is 0.0662 e. The van der Waals surface area contributed by atoms with Crippen LogP contribution in [0.1, 0.15) is 11.6 Å². The average molecular weight is 178 g/mol. The van der Waals surface area contributed by atoms with Crippen LogP contribution < -0.4 is 11.1 Å². The molecule has 0 aromatic heterocycles. The third-order valence-corrected chi connectivity index (χ3v) is 2.23. The van der Waals surface area contributed by atoms with Crippen LogP contribution in [0.2, 0.25) is 0 Å². The van der Waals surface area contributed by atoms with Gasteiger partial charge in [0.15, 0.2) is 0 Å². The molecule has 0 saturated carbocycles. The highest BCUT2D eigenvalue weighted by molar-refractivity contribution is 5.41. The van der Waals surface area contributed by atoms with E-state index >= 15 is 0 Å². The van der Waals surface area contributed by atoms with Gasteiger partial charge in [0.2, 0.25) is 0 Å². The molecule has 70 valence electrons. The molecule has 1 unspecified atom stereocenters. The van der Waals surface area contributed by atoms with Crippen molar-refractivity contribution in [2.24, 2.45) is 0 Å². The Morgan fingerprint density at radius 3 is 3.08 bits per heavy atom. The predicted octanol–water partition coefficient (Wildman–Crippen LogP) is 0.930. The van der Waals surface area contributed by atoms with Crippen molar-refractivity contribution in [3.8, 4) is 0 Å². The van der Waals surface area contributed by atoms with E-state index in [1.165, 1.54) is 5.56 Å². The van der Waals surface area contributed by atoms with Gasteiger partial charge in [0, 0.05) is 12.2 Å². The fourth-order valence-electron chi connectivity index (χ4n) is 1.56. The minimum Gasteiger partial charge on any atom is -0.399 e. The molecule has 1 heterocycles. The van der Waals surface area contributed by atoms with E-state index in [4.69, 9.17) is 10.5 Å². The minimum absolute atomic E-state index is 0.303. The zero-order valence-electron chi connectivity index (χ0n) is 7.49. The lowest BCUT2D eigenvalue weighted by molar-refractivity contribution is 0.0769. The van der Waals surface area contributed by atoms with Gasteiger partial charge in [-0.05, 0) is 17.7 Å². The first kappa shape index (κ1) is 8.53. The SMILES string of the molecule is Nc1cccc(C2COCCN2)c1. The summed E-state index contributed by atoms with van der Waals surface area (Å²) in [5.74, 6) is 0. The van der Waals surface area contributed by atoms with Crippen molar-refractivity contribution in [3.05, 3.63) is 29.8 Å². The van der Waals surface area contributed by atoms with Crippen LogP contribution in [0.15, 0.2) is 24.3 Å². The summed E-state index contributed by atoms with van der Waals surface area (Å²) in [5, 5.41) is 3.38. The standard InChI is InChI=1S/C10H14N2O/c11-9-3-1-2-8(6-9)10-7-13-5-4-12-10/h1-3,6,10,12H,4-5,7,11H2. The first-order valence-corrected chi connectivity index (χ1v) is 4.53. The second-order valence-corrected chi connectivity index (χ2v) is 3.25.